The highest BCUT2D eigenvalue weighted by Gasteiger charge is 2.00. The van der Waals surface area contributed by atoms with Crippen molar-refractivity contribution in [3.63, 3.8) is 0 Å². The normalized spacial score (nSPS) is 10.0. The lowest BCUT2D eigenvalue weighted by molar-refractivity contribution is -0.114. The summed E-state index contributed by atoms with van der Waals surface area (Å²) in [4.78, 5) is 10.9. The lowest BCUT2D eigenvalue weighted by Gasteiger charge is -2.05. The molecule has 0 saturated heterocycles. The monoisotopic (exact) mass is 244 g/mol. The second-order valence-electron chi connectivity index (χ2n) is 3.68. The van der Waals surface area contributed by atoms with E-state index in [0.717, 1.165) is 16.8 Å². The first-order valence-electron chi connectivity index (χ1n) is 5.20. The maximum absolute atomic E-state index is 10.9. The first kappa shape index (κ1) is 11.7. The maximum atomic E-state index is 10.9. The van der Waals surface area contributed by atoms with Gasteiger partial charge in [0.2, 0.25) is 5.91 Å². The van der Waals surface area contributed by atoms with Crippen LogP contribution < -0.4 is 5.32 Å². The predicted octanol–water partition coefficient (Wildman–Crippen LogP) is 3.77. The first-order valence-corrected chi connectivity index (χ1v) is 5.58. The van der Waals surface area contributed by atoms with Crippen molar-refractivity contribution in [2.24, 2.45) is 0 Å². The van der Waals surface area contributed by atoms with Crippen LogP contribution in [0.5, 0.6) is 0 Å². The summed E-state index contributed by atoms with van der Waals surface area (Å²) in [7, 11) is 0. The van der Waals surface area contributed by atoms with Crippen LogP contribution in [0.2, 0.25) is 5.02 Å². The fourth-order valence-corrected chi connectivity index (χ4v) is 1.71. The summed E-state index contributed by atoms with van der Waals surface area (Å²) in [5.41, 5.74) is 2.73. The molecule has 0 atom stereocenters. The Balaban J connectivity index is 2.26. The van der Waals surface area contributed by atoms with Gasteiger partial charge in [-0.2, -0.15) is 0 Å². The molecule has 0 aliphatic heterocycles. The zero-order valence-corrected chi connectivity index (χ0v) is 10.1. The molecule has 1 radical (unpaired) electrons. The van der Waals surface area contributed by atoms with Crippen molar-refractivity contribution in [1.29, 1.82) is 0 Å². The topological polar surface area (TPSA) is 29.1 Å². The van der Waals surface area contributed by atoms with Crippen molar-refractivity contribution < 1.29 is 4.79 Å². The van der Waals surface area contributed by atoms with E-state index >= 15 is 0 Å². The average molecular weight is 245 g/mol. The van der Waals surface area contributed by atoms with Crippen molar-refractivity contribution in [3.05, 3.63) is 53.6 Å². The highest BCUT2D eigenvalue weighted by molar-refractivity contribution is 6.30. The highest BCUT2D eigenvalue weighted by atomic mass is 35.5. The summed E-state index contributed by atoms with van der Waals surface area (Å²) in [5.74, 6) is -0.0768. The number of nitrogens with one attached hydrogen (secondary N) is 1. The summed E-state index contributed by atoms with van der Waals surface area (Å²) in [6.45, 7) is 1.48. The third-order valence-corrected chi connectivity index (χ3v) is 2.51. The summed E-state index contributed by atoms with van der Waals surface area (Å²) >= 11 is 5.92. The zero-order chi connectivity index (χ0) is 12.3. The second-order valence-corrected chi connectivity index (χ2v) is 4.12. The largest absolute Gasteiger partial charge is 0.326 e. The Morgan fingerprint density at radius 3 is 2.53 bits per heavy atom. The number of anilines is 1. The molecule has 2 nitrogen and oxygen atoms in total. The van der Waals surface area contributed by atoms with Crippen LogP contribution in [-0.2, 0) is 4.79 Å². The Morgan fingerprint density at radius 1 is 1.24 bits per heavy atom. The van der Waals surface area contributed by atoms with Crippen molar-refractivity contribution in [2.45, 2.75) is 6.92 Å². The standard InChI is InChI=1S/C14H11ClNO/c1-10(17)16-14-7-5-11(6-8-14)12-3-2-4-13(15)9-12/h2,4-9H,1H3,(H,16,17). The van der Waals surface area contributed by atoms with Crippen molar-refractivity contribution >= 4 is 23.2 Å². The fraction of sp³-hybridized carbons (Fsp3) is 0.0714. The van der Waals surface area contributed by atoms with Gasteiger partial charge in [-0.1, -0.05) is 29.8 Å². The van der Waals surface area contributed by atoms with Crippen molar-refractivity contribution in [3.8, 4) is 11.1 Å². The number of amides is 1. The van der Waals surface area contributed by atoms with Gasteiger partial charge in [0.05, 0.1) is 0 Å². The van der Waals surface area contributed by atoms with Gasteiger partial charge < -0.3 is 5.32 Å². The summed E-state index contributed by atoms with van der Waals surface area (Å²) in [6, 6.07) is 16.1. The van der Waals surface area contributed by atoms with Gasteiger partial charge in [0.15, 0.2) is 0 Å². The molecule has 0 spiro atoms. The predicted molar refractivity (Wildman–Crippen MR) is 70.0 cm³/mol. The van der Waals surface area contributed by atoms with Gasteiger partial charge in [-0.05, 0) is 41.5 Å². The van der Waals surface area contributed by atoms with Crippen LogP contribution >= 0.6 is 11.6 Å². The molecule has 2 rings (SSSR count). The number of hydrogen-bond acceptors (Lipinski definition) is 1. The Kier molecular flexibility index (Phi) is 3.45. The van der Waals surface area contributed by atoms with Crippen LogP contribution in [0.4, 0.5) is 5.69 Å². The smallest absolute Gasteiger partial charge is 0.221 e. The Hall–Kier alpha value is -1.80. The van der Waals surface area contributed by atoms with Gasteiger partial charge in [-0.25, -0.2) is 0 Å². The highest BCUT2D eigenvalue weighted by Crippen LogP contribution is 2.23. The van der Waals surface area contributed by atoms with E-state index in [2.05, 4.69) is 11.4 Å². The van der Waals surface area contributed by atoms with Crippen LogP contribution in [0.15, 0.2) is 42.5 Å². The van der Waals surface area contributed by atoms with E-state index in [0.29, 0.717) is 5.02 Å². The molecular formula is C14H11ClNO. The third kappa shape index (κ3) is 3.08. The van der Waals surface area contributed by atoms with Gasteiger partial charge >= 0.3 is 0 Å². The number of rotatable bonds is 2. The fourth-order valence-electron chi connectivity index (χ4n) is 1.54. The van der Waals surface area contributed by atoms with E-state index < -0.39 is 0 Å². The maximum Gasteiger partial charge on any atom is 0.221 e. The molecule has 0 fully saturated rings. The molecule has 85 valence electrons. The van der Waals surface area contributed by atoms with E-state index in [1.54, 1.807) is 12.1 Å². The lowest BCUT2D eigenvalue weighted by atomic mass is 10.1. The molecule has 2 aromatic carbocycles. The number of carbonyl (C=O) groups is 1. The van der Waals surface area contributed by atoms with Crippen LogP contribution in [0.1, 0.15) is 6.92 Å². The van der Waals surface area contributed by atoms with E-state index in [1.165, 1.54) is 6.92 Å². The zero-order valence-electron chi connectivity index (χ0n) is 9.33. The van der Waals surface area contributed by atoms with Gasteiger partial charge in [-0.3, -0.25) is 4.79 Å². The molecule has 1 amide bonds. The average Bonchev–Trinajstić information content (AvgIpc) is 2.29. The van der Waals surface area contributed by atoms with Crippen LogP contribution in [-0.4, -0.2) is 5.91 Å². The molecule has 0 bridgehead atoms. The number of hydrogen-bond donors (Lipinski definition) is 1. The van der Waals surface area contributed by atoms with Crippen LogP contribution in [0.3, 0.4) is 0 Å². The van der Waals surface area contributed by atoms with Gasteiger partial charge in [0.25, 0.3) is 0 Å². The summed E-state index contributed by atoms with van der Waals surface area (Å²) in [6.07, 6.45) is 0. The van der Waals surface area contributed by atoms with Crippen LogP contribution in [0, 0.1) is 6.07 Å². The molecule has 0 aliphatic rings. The van der Waals surface area contributed by atoms with Crippen LogP contribution in [0.25, 0.3) is 11.1 Å². The number of halogens is 1. The molecule has 2 aromatic rings. The molecular weight excluding hydrogens is 234 g/mol. The Bertz CT molecular complexity index is 534. The minimum Gasteiger partial charge on any atom is -0.326 e. The van der Waals surface area contributed by atoms with E-state index in [-0.39, 0.29) is 5.91 Å². The van der Waals surface area contributed by atoms with Gasteiger partial charge in [0.1, 0.15) is 0 Å². The molecule has 0 aromatic heterocycles. The molecule has 0 saturated carbocycles. The van der Waals surface area contributed by atoms with Gasteiger partial charge in [-0.15, -0.1) is 0 Å². The van der Waals surface area contributed by atoms with Crippen molar-refractivity contribution in [2.75, 3.05) is 5.32 Å². The summed E-state index contributed by atoms with van der Waals surface area (Å²) in [5, 5.41) is 3.40. The molecule has 0 aliphatic carbocycles. The minimum absolute atomic E-state index is 0.0768. The second kappa shape index (κ2) is 5.02. The van der Waals surface area contributed by atoms with E-state index in [4.69, 9.17) is 11.6 Å². The molecule has 0 unspecified atom stereocenters. The minimum atomic E-state index is -0.0768. The molecule has 17 heavy (non-hydrogen) atoms. The molecule has 0 heterocycles. The first-order chi connectivity index (χ1) is 8.15. The van der Waals surface area contributed by atoms with E-state index in [9.17, 15) is 4.79 Å². The third-order valence-electron chi connectivity index (χ3n) is 2.28. The SMILES string of the molecule is CC(=O)Nc1ccc(-c2[c]ccc(Cl)c2)cc1. The number of carbonyl (C=O) groups excluding carboxylic acids is 1. The molecule has 3 heteroatoms. The number of benzene rings is 2. The Labute approximate surface area is 105 Å². The summed E-state index contributed by atoms with van der Waals surface area (Å²) < 4.78 is 0. The van der Waals surface area contributed by atoms with Gasteiger partial charge in [0, 0.05) is 17.6 Å². The Morgan fingerprint density at radius 2 is 1.94 bits per heavy atom. The van der Waals surface area contributed by atoms with E-state index in [1.807, 2.05) is 30.3 Å². The molecule has 1 N–H and O–H groups in total. The lowest BCUT2D eigenvalue weighted by Crippen LogP contribution is -2.05. The quantitative estimate of drug-likeness (QED) is 0.856. The van der Waals surface area contributed by atoms with Crippen molar-refractivity contribution in [1.82, 2.24) is 0 Å².